The van der Waals surface area contributed by atoms with Crippen molar-refractivity contribution in [2.24, 2.45) is 10.9 Å². The summed E-state index contributed by atoms with van der Waals surface area (Å²) in [6.45, 7) is 10.4. The van der Waals surface area contributed by atoms with Gasteiger partial charge in [-0.2, -0.15) is 0 Å². The third-order valence-corrected chi connectivity index (χ3v) is 4.61. The molecule has 25 heavy (non-hydrogen) atoms. The highest BCUT2D eigenvalue weighted by Crippen LogP contribution is 2.19. The summed E-state index contributed by atoms with van der Waals surface area (Å²) in [5, 5.41) is 3.41. The van der Waals surface area contributed by atoms with E-state index >= 15 is 0 Å². The van der Waals surface area contributed by atoms with Gasteiger partial charge < -0.3 is 19.9 Å². The van der Waals surface area contributed by atoms with E-state index in [1.54, 1.807) is 7.11 Å². The van der Waals surface area contributed by atoms with Crippen LogP contribution in [0, 0.1) is 5.92 Å². The molecule has 6 heteroatoms. The average Bonchev–Trinajstić information content (AvgIpc) is 3.07. The van der Waals surface area contributed by atoms with Crippen molar-refractivity contribution >= 4 is 29.9 Å². The Bertz CT molecular complexity index is 538. The summed E-state index contributed by atoms with van der Waals surface area (Å²) < 4.78 is 5.46. The van der Waals surface area contributed by atoms with Crippen LogP contribution in [0.4, 0.5) is 0 Å². The minimum Gasteiger partial charge on any atom is -0.496 e. The summed E-state index contributed by atoms with van der Waals surface area (Å²) in [6, 6.07) is 8.16. The number of hydrogen-bond donors (Lipinski definition) is 1. The molecule has 142 valence electrons. The Kier molecular flexibility index (Phi) is 10.2. The summed E-state index contributed by atoms with van der Waals surface area (Å²) in [5.41, 5.74) is 1.17. The highest BCUT2D eigenvalue weighted by molar-refractivity contribution is 14.0. The Morgan fingerprint density at radius 3 is 2.76 bits per heavy atom. The minimum atomic E-state index is 0. The molecule has 1 unspecified atom stereocenters. The number of rotatable bonds is 7. The van der Waals surface area contributed by atoms with Crippen LogP contribution in [-0.2, 0) is 6.54 Å². The van der Waals surface area contributed by atoms with Crippen molar-refractivity contribution in [3.05, 3.63) is 29.8 Å². The Labute approximate surface area is 169 Å². The molecule has 1 aromatic carbocycles. The van der Waals surface area contributed by atoms with Crippen LogP contribution in [0.25, 0.3) is 0 Å². The lowest BCUT2D eigenvalue weighted by molar-refractivity contribution is 0.343. The van der Waals surface area contributed by atoms with Crippen LogP contribution in [0.2, 0.25) is 0 Å². The van der Waals surface area contributed by atoms with Gasteiger partial charge in [0, 0.05) is 38.8 Å². The van der Waals surface area contributed by atoms with Gasteiger partial charge in [0.05, 0.1) is 7.11 Å². The Morgan fingerprint density at radius 2 is 2.12 bits per heavy atom. The number of para-hydroxylation sites is 1. The van der Waals surface area contributed by atoms with E-state index in [2.05, 4.69) is 42.1 Å². The summed E-state index contributed by atoms with van der Waals surface area (Å²) in [4.78, 5) is 9.56. The normalized spacial score (nSPS) is 17.9. The highest BCUT2D eigenvalue weighted by Gasteiger charge is 2.21. The first-order chi connectivity index (χ1) is 11.7. The molecule has 0 aliphatic carbocycles. The molecule has 1 aliphatic rings. The lowest BCUT2D eigenvalue weighted by atomic mass is 10.1. The third-order valence-electron chi connectivity index (χ3n) is 4.61. The molecule has 1 N–H and O–H groups in total. The number of hydrogen-bond acceptors (Lipinski definition) is 3. The molecule has 1 aromatic rings. The quantitative estimate of drug-likeness (QED) is 0.386. The van der Waals surface area contributed by atoms with Crippen molar-refractivity contribution in [2.45, 2.75) is 26.8 Å². The molecule has 0 bridgehead atoms. The zero-order chi connectivity index (χ0) is 17.4. The van der Waals surface area contributed by atoms with Gasteiger partial charge in [-0.05, 0) is 38.4 Å². The SMILES string of the molecule is CCNC(=NCC1CCN(CC)C1)N(C)Cc1ccccc1OC.I. The van der Waals surface area contributed by atoms with Gasteiger partial charge in [0.2, 0.25) is 0 Å². The van der Waals surface area contributed by atoms with Crippen LogP contribution in [0.15, 0.2) is 29.3 Å². The van der Waals surface area contributed by atoms with Crippen LogP contribution in [-0.4, -0.2) is 62.6 Å². The standard InChI is InChI=1S/C19H32N4O.HI/c1-5-20-19(21-13-16-11-12-23(6-2)14-16)22(3)15-17-9-7-8-10-18(17)24-4;/h7-10,16H,5-6,11-15H2,1-4H3,(H,20,21);1H. The zero-order valence-electron chi connectivity index (χ0n) is 16.0. The topological polar surface area (TPSA) is 40.1 Å². The minimum absolute atomic E-state index is 0. The van der Waals surface area contributed by atoms with Crippen molar-refractivity contribution in [1.29, 1.82) is 0 Å². The molecule has 0 amide bonds. The second kappa shape index (κ2) is 11.6. The van der Waals surface area contributed by atoms with Crippen LogP contribution in [0.5, 0.6) is 5.75 Å². The Hall–Kier alpha value is -1.02. The molecule has 2 rings (SSSR count). The average molecular weight is 460 g/mol. The number of methoxy groups -OCH3 is 1. The fourth-order valence-corrected chi connectivity index (χ4v) is 3.20. The van der Waals surface area contributed by atoms with E-state index in [0.717, 1.165) is 37.9 Å². The molecule has 1 saturated heterocycles. The maximum atomic E-state index is 5.46. The molecule has 1 fully saturated rings. The molecule has 0 radical (unpaired) electrons. The third kappa shape index (κ3) is 6.66. The Morgan fingerprint density at radius 1 is 1.36 bits per heavy atom. The first-order valence-electron chi connectivity index (χ1n) is 9.01. The molecule has 1 heterocycles. The van der Waals surface area contributed by atoms with Crippen molar-refractivity contribution in [3.8, 4) is 5.75 Å². The first-order valence-corrected chi connectivity index (χ1v) is 9.01. The van der Waals surface area contributed by atoms with Crippen molar-refractivity contribution < 1.29 is 4.74 Å². The fourth-order valence-electron chi connectivity index (χ4n) is 3.20. The zero-order valence-corrected chi connectivity index (χ0v) is 18.3. The number of likely N-dealkylation sites (tertiary alicyclic amines) is 1. The van der Waals surface area contributed by atoms with E-state index < -0.39 is 0 Å². The number of guanidine groups is 1. The molecule has 0 saturated carbocycles. The largest absolute Gasteiger partial charge is 0.496 e. The second-order valence-electron chi connectivity index (χ2n) is 6.41. The lowest BCUT2D eigenvalue weighted by Gasteiger charge is -2.23. The number of aliphatic imine (C=N–C) groups is 1. The summed E-state index contributed by atoms with van der Waals surface area (Å²) in [5.74, 6) is 2.58. The summed E-state index contributed by atoms with van der Waals surface area (Å²) in [7, 11) is 3.80. The Balaban J connectivity index is 0.00000312. The number of halogens is 1. The molecule has 1 aliphatic heterocycles. The molecule has 0 aromatic heterocycles. The van der Waals surface area contributed by atoms with Crippen molar-refractivity contribution in [3.63, 3.8) is 0 Å². The van der Waals surface area contributed by atoms with Gasteiger partial charge in [0.25, 0.3) is 0 Å². The molecular formula is C19H33IN4O. The second-order valence-corrected chi connectivity index (χ2v) is 6.41. The van der Waals surface area contributed by atoms with Crippen molar-refractivity contribution in [1.82, 2.24) is 15.1 Å². The summed E-state index contributed by atoms with van der Waals surface area (Å²) >= 11 is 0. The van der Waals surface area contributed by atoms with Crippen LogP contribution in [0.1, 0.15) is 25.8 Å². The highest BCUT2D eigenvalue weighted by atomic mass is 127. The van der Waals surface area contributed by atoms with Gasteiger partial charge in [-0.1, -0.05) is 25.1 Å². The van der Waals surface area contributed by atoms with Gasteiger partial charge in [-0.15, -0.1) is 24.0 Å². The van der Waals surface area contributed by atoms with Gasteiger partial charge in [-0.25, -0.2) is 0 Å². The van der Waals surface area contributed by atoms with E-state index in [-0.39, 0.29) is 24.0 Å². The van der Waals surface area contributed by atoms with Crippen molar-refractivity contribution in [2.75, 3.05) is 46.9 Å². The van der Waals surface area contributed by atoms with E-state index in [1.165, 1.54) is 25.1 Å². The molecule has 5 nitrogen and oxygen atoms in total. The van der Waals surface area contributed by atoms with E-state index in [1.807, 2.05) is 18.2 Å². The van der Waals surface area contributed by atoms with Gasteiger partial charge in [-0.3, -0.25) is 4.99 Å². The van der Waals surface area contributed by atoms with Gasteiger partial charge in [0.15, 0.2) is 5.96 Å². The van der Waals surface area contributed by atoms with Gasteiger partial charge in [0.1, 0.15) is 5.75 Å². The maximum absolute atomic E-state index is 5.46. The smallest absolute Gasteiger partial charge is 0.193 e. The van der Waals surface area contributed by atoms with E-state index in [9.17, 15) is 0 Å². The number of benzene rings is 1. The van der Waals surface area contributed by atoms with E-state index in [0.29, 0.717) is 5.92 Å². The van der Waals surface area contributed by atoms with Crippen LogP contribution < -0.4 is 10.1 Å². The molecule has 0 spiro atoms. The number of ether oxygens (including phenoxy) is 1. The van der Waals surface area contributed by atoms with Crippen LogP contribution >= 0.6 is 24.0 Å². The van der Waals surface area contributed by atoms with E-state index in [4.69, 9.17) is 9.73 Å². The fraction of sp³-hybridized carbons (Fsp3) is 0.632. The van der Waals surface area contributed by atoms with Gasteiger partial charge >= 0.3 is 0 Å². The predicted octanol–water partition coefficient (Wildman–Crippen LogP) is 3.05. The van der Waals surface area contributed by atoms with Crippen LogP contribution in [0.3, 0.4) is 0 Å². The first kappa shape index (κ1) is 22.0. The monoisotopic (exact) mass is 460 g/mol. The summed E-state index contributed by atoms with van der Waals surface area (Å²) in [6.07, 6.45) is 1.26. The number of nitrogens with one attached hydrogen (secondary N) is 1. The molecular weight excluding hydrogens is 427 g/mol. The maximum Gasteiger partial charge on any atom is 0.193 e. The number of nitrogens with zero attached hydrogens (tertiary/aromatic N) is 3. The molecule has 1 atom stereocenters. The predicted molar refractivity (Wildman–Crippen MR) is 116 cm³/mol. The lowest BCUT2D eigenvalue weighted by Crippen LogP contribution is -2.39.